The van der Waals surface area contributed by atoms with Crippen LogP contribution < -0.4 is 0 Å². The molecule has 0 saturated carbocycles. The highest BCUT2D eigenvalue weighted by Gasteiger charge is 2.03. The third-order valence-corrected chi connectivity index (χ3v) is 2.09. The third-order valence-electron chi connectivity index (χ3n) is 1.45. The van der Waals surface area contributed by atoms with Crippen LogP contribution in [0.25, 0.3) is 0 Å². The van der Waals surface area contributed by atoms with Gasteiger partial charge in [0, 0.05) is 0 Å². The molecule has 0 amide bonds. The summed E-state index contributed by atoms with van der Waals surface area (Å²) in [6.07, 6.45) is -0.494. The van der Waals surface area contributed by atoms with Crippen LogP contribution in [0.5, 0.6) is 5.75 Å². The largest absolute Gasteiger partial charge is 0.507 e. The summed E-state index contributed by atoms with van der Waals surface area (Å²) in [5.41, 5.74) is 0.787. The number of halogens is 1. The lowest BCUT2D eigenvalue weighted by molar-refractivity contribution is 0.199. The van der Waals surface area contributed by atoms with E-state index in [9.17, 15) is 0 Å². The minimum Gasteiger partial charge on any atom is -0.507 e. The predicted molar refractivity (Wildman–Crippen MR) is 46.4 cm³/mol. The van der Waals surface area contributed by atoms with Gasteiger partial charge >= 0.3 is 0 Å². The minimum absolute atomic E-state index is 0.189. The fraction of sp³-hybridized carbons (Fsp3) is 0.250. The lowest BCUT2D eigenvalue weighted by atomic mass is 10.1. The van der Waals surface area contributed by atoms with Gasteiger partial charge in [0.05, 0.1) is 10.6 Å². The first kappa shape index (κ1) is 8.56. The molecule has 0 aliphatic rings. The highest BCUT2D eigenvalue weighted by molar-refractivity contribution is 9.10. The van der Waals surface area contributed by atoms with E-state index in [1.165, 1.54) is 0 Å². The number of aliphatic hydroxyl groups is 1. The summed E-state index contributed by atoms with van der Waals surface area (Å²) in [5.74, 6) is 0.189. The van der Waals surface area contributed by atoms with Crippen molar-refractivity contribution in [3.05, 3.63) is 28.2 Å². The molecule has 0 aliphatic carbocycles. The van der Waals surface area contributed by atoms with E-state index in [4.69, 9.17) is 10.2 Å². The SMILES string of the molecule is C[C@H](O)c1ccc(O)c(Br)c1. The zero-order valence-electron chi connectivity index (χ0n) is 6.08. The first-order chi connectivity index (χ1) is 5.11. The minimum atomic E-state index is -0.494. The van der Waals surface area contributed by atoms with Gasteiger partial charge in [-0.1, -0.05) is 6.07 Å². The Balaban J connectivity index is 3.05. The van der Waals surface area contributed by atoms with Gasteiger partial charge < -0.3 is 10.2 Å². The molecular weight excluding hydrogens is 208 g/mol. The maximum absolute atomic E-state index is 9.14. The normalized spacial score (nSPS) is 13.0. The van der Waals surface area contributed by atoms with Crippen molar-refractivity contribution < 1.29 is 10.2 Å². The average Bonchev–Trinajstić information content (AvgIpc) is 1.94. The van der Waals surface area contributed by atoms with Crippen LogP contribution in [-0.4, -0.2) is 10.2 Å². The molecule has 60 valence electrons. The molecule has 1 atom stereocenters. The van der Waals surface area contributed by atoms with Gasteiger partial charge in [0.2, 0.25) is 0 Å². The fourth-order valence-corrected chi connectivity index (χ4v) is 1.18. The maximum atomic E-state index is 9.14. The Kier molecular flexibility index (Phi) is 2.52. The van der Waals surface area contributed by atoms with E-state index in [1.54, 1.807) is 25.1 Å². The van der Waals surface area contributed by atoms with E-state index in [0.29, 0.717) is 4.47 Å². The summed E-state index contributed by atoms with van der Waals surface area (Å²) in [6, 6.07) is 4.93. The molecule has 11 heavy (non-hydrogen) atoms. The molecule has 0 heterocycles. The third kappa shape index (κ3) is 1.94. The van der Waals surface area contributed by atoms with E-state index >= 15 is 0 Å². The average molecular weight is 217 g/mol. The number of phenolic OH excluding ortho intramolecular Hbond substituents is 1. The van der Waals surface area contributed by atoms with Gasteiger partial charge in [-0.05, 0) is 40.5 Å². The molecule has 0 unspecified atom stereocenters. The number of aromatic hydroxyl groups is 1. The van der Waals surface area contributed by atoms with Crippen molar-refractivity contribution in [1.29, 1.82) is 0 Å². The molecule has 1 aromatic rings. The van der Waals surface area contributed by atoms with Gasteiger partial charge in [0.1, 0.15) is 5.75 Å². The molecule has 1 aromatic carbocycles. The highest BCUT2D eigenvalue weighted by Crippen LogP contribution is 2.26. The van der Waals surface area contributed by atoms with E-state index in [2.05, 4.69) is 15.9 Å². The molecule has 0 radical (unpaired) electrons. The van der Waals surface area contributed by atoms with Crippen molar-refractivity contribution in [1.82, 2.24) is 0 Å². The quantitative estimate of drug-likeness (QED) is 0.756. The van der Waals surface area contributed by atoms with E-state index in [1.807, 2.05) is 0 Å². The summed E-state index contributed by atoms with van der Waals surface area (Å²) >= 11 is 3.15. The molecule has 0 aromatic heterocycles. The van der Waals surface area contributed by atoms with Gasteiger partial charge in [-0.2, -0.15) is 0 Å². The van der Waals surface area contributed by atoms with Crippen molar-refractivity contribution in [2.45, 2.75) is 13.0 Å². The topological polar surface area (TPSA) is 40.5 Å². The molecule has 1 rings (SSSR count). The zero-order chi connectivity index (χ0) is 8.43. The number of benzene rings is 1. The Morgan fingerprint density at radius 2 is 2.09 bits per heavy atom. The monoisotopic (exact) mass is 216 g/mol. The van der Waals surface area contributed by atoms with Gasteiger partial charge in [0.25, 0.3) is 0 Å². The molecule has 2 N–H and O–H groups in total. The lowest BCUT2D eigenvalue weighted by Gasteiger charge is -2.04. The van der Waals surface area contributed by atoms with Gasteiger partial charge in [-0.25, -0.2) is 0 Å². The molecule has 2 nitrogen and oxygen atoms in total. The number of hydrogen-bond donors (Lipinski definition) is 2. The predicted octanol–water partition coefficient (Wildman–Crippen LogP) is 2.21. The van der Waals surface area contributed by atoms with E-state index in [0.717, 1.165) is 5.56 Å². The summed E-state index contributed by atoms with van der Waals surface area (Å²) in [7, 11) is 0. The molecule has 0 aliphatic heterocycles. The molecule has 0 fully saturated rings. The first-order valence-corrected chi connectivity index (χ1v) is 4.07. The Morgan fingerprint density at radius 3 is 2.55 bits per heavy atom. The zero-order valence-corrected chi connectivity index (χ0v) is 7.67. The number of hydrogen-bond acceptors (Lipinski definition) is 2. The van der Waals surface area contributed by atoms with E-state index < -0.39 is 6.10 Å². The van der Waals surface area contributed by atoms with Crippen LogP contribution in [0.3, 0.4) is 0 Å². The van der Waals surface area contributed by atoms with Crippen LogP contribution >= 0.6 is 15.9 Å². The number of phenols is 1. The molecule has 3 heteroatoms. The summed E-state index contributed by atoms with van der Waals surface area (Å²) in [5, 5.41) is 18.2. The smallest absolute Gasteiger partial charge is 0.129 e. The molecular formula is C8H9BrO2. The Labute approximate surface area is 73.6 Å². The van der Waals surface area contributed by atoms with Crippen LogP contribution in [0.2, 0.25) is 0 Å². The summed E-state index contributed by atoms with van der Waals surface area (Å²) in [6.45, 7) is 1.68. The Morgan fingerprint density at radius 1 is 1.45 bits per heavy atom. The van der Waals surface area contributed by atoms with Gasteiger partial charge in [-0.15, -0.1) is 0 Å². The standard InChI is InChI=1S/C8H9BrO2/c1-5(10)6-2-3-8(11)7(9)4-6/h2-5,10-11H,1H3/t5-/m0/s1. The van der Waals surface area contributed by atoms with Crippen LogP contribution in [-0.2, 0) is 0 Å². The van der Waals surface area contributed by atoms with Crippen LogP contribution in [0.1, 0.15) is 18.6 Å². The lowest BCUT2D eigenvalue weighted by Crippen LogP contribution is -1.89. The Hall–Kier alpha value is -0.540. The first-order valence-electron chi connectivity index (χ1n) is 3.27. The van der Waals surface area contributed by atoms with Gasteiger partial charge in [-0.3, -0.25) is 0 Å². The second-order valence-corrected chi connectivity index (χ2v) is 3.24. The fourth-order valence-electron chi connectivity index (χ4n) is 0.783. The second-order valence-electron chi connectivity index (χ2n) is 2.39. The van der Waals surface area contributed by atoms with Gasteiger partial charge in [0.15, 0.2) is 0 Å². The summed E-state index contributed by atoms with van der Waals surface area (Å²) in [4.78, 5) is 0. The highest BCUT2D eigenvalue weighted by atomic mass is 79.9. The van der Waals surface area contributed by atoms with Crippen molar-refractivity contribution in [2.75, 3.05) is 0 Å². The van der Waals surface area contributed by atoms with Crippen molar-refractivity contribution in [2.24, 2.45) is 0 Å². The van der Waals surface area contributed by atoms with Crippen LogP contribution in [0.15, 0.2) is 22.7 Å². The Bertz CT molecular complexity index is 258. The number of rotatable bonds is 1. The van der Waals surface area contributed by atoms with Crippen LogP contribution in [0.4, 0.5) is 0 Å². The maximum Gasteiger partial charge on any atom is 0.129 e. The van der Waals surface area contributed by atoms with Crippen LogP contribution in [0, 0.1) is 0 Å². The summed E-state index contributed by atoms with van der Waals surface area (Å²) < 4.78 is 0.607. The molecule has 0 spiro atoms. The molecule has 0 bridgehead atoms. The second kappa shape index (κ2) is 3.24. The van der Waals surface area contributed by atoms with Crippen molar-refractivity contribution >= 4 is 15.9 Å². The number of aliphatic hydroxyl groups excluding tert-OH is 1. The van der Waals surface area contributed by atoms with Crippen molar-refractivity contribution in [3.63, 3.8) is 0 Å². The van der Waals surface area contributed by atoms with Crippen molar-refractivity contribution in [3.8, 4) is 5.75 Å². The van der Waals surface area contributed by atoms with E-state index in [-0.39, 0.29) is 5.75 Å². The molecule has 0 saturated heterocycles.